The molecule has 1 amide bonds. The van der Waals surface area contributed by atoms with Crippen molar-refractivity contribution in [2.45, 2.75) is 30.8 Å². The summed E-state index contributed by atoms with van der Waals surface area (Å²) >= 11 is 1.70. The van der Waals surface area contributed by atoms with Crippen LogP contribution in [0.25, 0.3) is 10.9 Å². The molecule has 2 aromatic heterocycles. The molecule has 0 saturated carbocycles. The predicted octanol–water partition coefficient (Wildman–Crippen LogP) is 5.79. The Kier molecular flexibility index (Phi) is 7.98. The second-order valence-corrected chi connectivity index (χ2v) is 9.44. The van der Waals surface area contributed by atoms with Gasteiger partial charge in [-0.05, 0) is 54.6 Å². The van der Waals surface area contributed by atoms with E-state index >= 15 is 0 Å². The van der Waals surface area contributed by atoms with Crippen LogP contribution >= 0.6 is 11.8 Å². The minimum absolute atomic E-state index is 0.0508. The van der Waals surface area contributed by atoms with Crippen LogP contribution < -0.4 is 9.64 Å². The van der Waals surface area contributed by atoms with Crippen molar-refractivity contribution < 1.29 is 13.9 Å². The van der Waals surface area contributed by atoms with Crippen molar-refractivity contribution in [1.82, 2.24) is 9.88 Å². The topological polar surface area (TPSA) is 58.8 Å². The summed E-state index contributed by atoms with van der Waals surface area (Å²) in [6.45, 7) is 0.834. The monoisotopic (exact) mass is 489 g/mol. The number of pyridine rings is 1. The predicted molar refractivity (Wildman–Crippen MR) is 142 cm³/mol. The fraction of sp³-hybridized carbons (Fsp3) is 0.286. The summed E-state index contributed by atoms with van der Waals surface area (Å²) in [5.41, 5.74) is 2.97. The molecular weight excluding hydrogens is 458 g/mol. The van der Waals surface area contributed by atoms with E-state index in [-0.39, 0.29) is 5.91 Å². The van der Waals surface area contributed by atoms with Gasteiger partial charge in [0.1, 0.15) is 17.3 Å². The standard InChI is InChI=1S/C28H31N3O3S/c1-30(2)28-22(16-21-11-13-24(35-4)17-25(21)29-28)18-31(19-23-9-7-15-34-23)27(32)14-12-20-8-5-6-10-26(20)33-3/h5-11,13,15-17H,12,14,18-19H2,1-4H3. The Morgan fingerprint density at radius 3 is 2.57 bits per heavy atom. The highest BCUT2D eigenvalue weighted by atomic mass is 32.2. The Morgan fingerprint density at radius 2 is 1.86 bits per heavy atom. The van der Waals surface area contributed by atoms with Crippen molar-refractivity contribution in [2.24, 2.45) is 0 Å². The number of furan rings is 1. The van der Waals surface area contributed by atoms with Crippen LogP contribution in [0.1, 0.15) is 23.3 Å². The van der Waals surface area contributed by atoms with Crippen LogP contribution in [-0.4, -0.2) is 43.3 Å². The Morgan fingerprint density at radius 1 is 1.03 bits per heavy atom. The van der Waals surface area contributed by atoms with E-state index in [2.05, 4.69) is 30.5 Å². The summed E-state index contributed by atoms with van der Waals surface area (Å²) in [4.78, 5) is 23.5. The average molecular weight is 490 g/mol. The molecule has 2 heterocycles. The first-order valence-electron chi connectivity index (χ1n) is 11.6. The van der Waals surface area contributed by atoms with E-state index in [1.54, 1.807) is 25.1 Å². The number of para-hydroxylation sites is 1. The zero-order chi connectivity index (χ0) is 24.8. The number of nitrogens with zero attached hydrogens (tertiary/aromatic N) is 3. The third kappa shape index (κ3) is 5.98. The van der Waals surface area contributed by atoms with Crippen LogP contribution in [0.5, 0.6) is 5.75 Å². The maximum atomic E-state index is 13.5. The van der Waals surface area contributed by atoms with E-state index in [4.69, 9.17) is 14.1 Å². The molecule has 0 bridgehead atoms. The second kappa shape index (κ2) is 11.3. The third-order valence-electron chi connectivity index (χ3n) is 5.95. The van der Waals surface area contributed by atoms with Crippen molar-refractivity contribution in [3.63, 3.8) is 0 Å². The Bertz CT molecular complexity index is 1290. The number of carbonyl (C=O) groups is 1. The number of hydrogen-bond acceptors (Lipinski definition) is 6. The van der Waals surface area contributed by atoms with Gasteiger partial charge >= 0.3 is 0 Å². The summed E-state index contributed by atoms with van der Waals surface area (Å²) in [6.07, 6.45) is 4.67. The first-order chi connectivity index (χ1) is 17.0. The number of rotatable bonds is 10. The van der Waals surface area contributed by atoms with Crippen LogP contribution in [0.15, 0.2) is 76.2 Å². The first-order valence-corrected chi connectivity index (χ1v) is 12.8. The molecule has 182 valence electrons. The van der Waals surface area contributed by atoms with Crippen molar-refractivity contribution in [3.05, 3.63) is 83.8 Å². The van der Waals surface area contributed by atoms with Crippen molar-refractivity contribution >= 4 is 34.4 Å². The van der Waals surface area contributed by atoms with Gasteiger partial charge in [0.25, 0.3) is 0 Å². The lowest BCUT2D eigenvalue weighted by atomic mass is 10.1. The molecule has 0 radical (unpaired) electrons. The molecule has 0 aliphatic carbocycles. The molecule has 0 unspecified atom stereocenters. The van der Waals surface area contributed by atoms with Crippen LogP contribution in [0.4, 0.5) is 5.82 Å². The van der Waals surface area contributed by atoms with Gasteiger partial charge in [0, 0.05) is 42.9 Å². The number of methoxy groups -OCH3 is 1. The number of ether oxygens (including phenoxy) is 1. The summed E-state index contributed by atoms with van der Waals surface area (Å²) in [7, 11) is 5.62. The fourth-order valence-electron chi connectivity index (χ4n) is 4.15. The highest BCUT2D eigenvalue weighted by Gasteiger charge is 2.20. The molecule has 0 N–H and O–H groups in total. The molecule has 2 aromatic carbocycles. The number of amides is 1. The van der Waals surface area contributed by atoms with E-state index in [0.717, 1.165) is 39.4 Å². The second-order valence-electron chi connectivity index (χ2n) is 8.57. The van der Waals surface area contributed by atoms with Crippen LogP contribution in [-0.2, 0) is 24.3 Å². The fourth-order valence-corrected chi connectivity index (χ4v) is 4.58. The average Bonchev–Trinajstić information content (AvgIpc) is 3.39. The van der Waals surface area contributed by atoms with Crippen molar-refractivity contribution in [2.75, 3.05) is 32.4 Å². The quantitative estimate of drug-likeness (QED) is 0.263. The summed E-state index contributed by atoms with van der Waals surface area (Å²) < 4.78 is 11.0. The Labute approximate surface area is 210 Å². The molecule has 4 rings (SSSR count). The maximum absolute atomic E-state index is 13.5. The van der Waals surface area contributed by atoms with Gasteiger partial charge in [-0.3, -0.25) is 4.79 Å². The lowest BCUT2D eigenvalue weighted by Crippen LogP contribution is -2.31. The molecule has 0 aliphatic heterocycles. The van der Waals surface area contributed by atoms with Crippen LogP contribution in [0.2, 0.25) is 0 Å². The SMILES string of the molecule is COc1ccccc1CCC(=O)N(Cc1ccco1)Cc1cc2ccc(SC)cc2nc1N(C)C. The van der Waals surface area contributed by atoms with Crippen LogP contribution in [0, 0.1) is 0 Å². The number of carbonyl (C=O) groups excluding carboxylic acids is 1. The van der Waals surface area contributed by atoms with Crippen molar-refractivity contribution in [1.29, 1.82) is 0 Å². The van der Waals surface area contributed by atoms with Crippen molar-refractivity contribution in [3.8, 4) is 5.75 Å². The lowest BCUT2D eigenvalue weighted by Gasteiger charge is -2.25. The molecule has 0 aliphatic rings. The molecule has 0 spiro atoms. The molecule has 0 fully saturated rings. The largest absolute Gasteiger partial charge is 0.496 e. The Hall–Kier alpha value is -3.45. The first kappa shape index (κ1) is 24.7. The van der Waals surface area contributed by atoms with Gasteiger partial charge in [-0.1, -0.05) is 24.3 Å². The Balaban J connectivity index is 1.62. The maximum Gasteiger partial charge on any atom is 0.223 e. The smallest absolute Gasteiger partial charge is 0.223 e. The van der Waals surface area contributed by atoms with E-state index in [9.17, 15) is 4.79 Å². The molecule has 4 aromatic rings. The third-order valence-corrected chi connectivity index (χ3v) is 6.67. The number of fused-ring (bicyclic) bond motifs is 1. The van der Waals surface area contributed by atoms with Gasteiger partial charge in [0.2, 0.25) is 5.91 Å². The van der Waals surface area contributed by atoms with E-state index in [1.165, 1.54) is 4.90 Å². The minimum atomic E-state index is 0.0508. The van der Waals surface area contributed by atoms with Gasteiger partial charge in [-0.2, -0.15) is 0 Å². The number of hydrogen-bond donors (Lipinski definition) is 0. The zero-order valence-corrected chi connectivity index (χ0v) is 21.5. The number of benzene rings is 2. The number of aryl methyl sites for hydroxylation is 1. The van der Waals surface area contributed by atoms with Gasteiger partial charge in [0.05, 0.1) is 25.4 Å². The van der Waals surface area contributed by atoms with Gasteiger partial charge in [0.15, 0.2) is 0 Å². The molecular formula is C28H31N3O3S. The molecule has 7 heteroatoms. The number of thioether (sulfide) groups is 1. The lowest BCUT2D eigenvalue weighted by molar-refractivity contribution is -0.132. The normalized spacial score (nSPS) is 11.0. The van der Waals surface area contributed by atoms with Gasteiger partial charge < -0.3 is 19.0 Å². The van der Waals surface area contributed by atoms with E-state index in [0.29, 0.717) is 25.9 Å². The molecule has 35 heavy (non-hydrogen) atoms. The minimum Gasteiger partial charge on any atom is -0.496 e. The highest BCUT2D eigenvalue weighted by Crippen LogP contribution is 2.28. The summed E-state index contributed by atoms with van der Waals surface area (Å²) in [5, 5.41) is 1.06. The number of anilines is 1. The molecule has 0 atom stereocenters. The van der Waals surface area contributed by atoms with Gasteiger partial charge in [-0.15, -0.1) is 11.8 Å². The molecule has 0 saturated heterocycles. The van der Waals surface area contributed by atoms with Gasteiger partial charge in [-0.25, -0.2) is 4.98 Å². The zero-order valence-electron chi connectivity index (χ0n) is 20.7. The van der Waals surface area contributed by atoms with E-state index in [1.807, 2.05) is 60.3 Å². The molecule has 6 nitrogen and oxygen atoms in total. The number of aromatic nitrogens is 1. The van der Waals surface area contributed by atoms with Crippen LogP contribution in [0.3, 0.4) is 0 Å². The highest BCUT2D eigenvalue weighted by molar-refractivity contribution is 7.98. The summed E-state index contributed by atoms with van der Waals surface area (Å²) in [5.74, 6) is 2.46. The van der Waals surface area contributed by atoms with E-state index < -0.39 is 0 Å². The summed E-state index contributed by atoms with van der Waals surface area (Å²) in [6, 6.07) is 20.0.